The van der Waals surface area contributed by atoms with E-state index in [1.165, 1.54) is 84.6 Å². The molecular weight excluding hydrogens is 414 g/mol. The van der Waals surface area contributed by atoms with Crippen molar-refractivity contribution >= 4 is 10.9 Å². The Kier molecular flexibility index (Phi) is 8.50. The maximum Gasteiger partial charge on any atom is 0.0483 e. The average molecular weight is 460 g/mol. The first-order valence-corrected chi connectivity index (χ1v) is 13.3. The molecule has 3 aromatic rings. The lowest BCUT2D eigenvalue weighted by Gasteiger charge is -2.26. The number of nitrogens with two attached hydrogens (primary N) is 1. The monoisotopic (exact) mass is 459 g/mol. The van der Waals surface area contributed by atoms with Gasteiger partial charge in [0.1, 0.15) is 0 Å². The molecule has 2 saturated carbocycles. The zero-order chi connectivity index (χ0) is 22.6. The Morgan fingerprint density at radius 2 is 1.71 bits per heavy atom. The molecular formula is C31H45N3. The van der Waals surface area contributed by atoms with Gasteiger partial charge in [-0.25, -0.2) is 0 Å². The molecule has 1 heterocycles. The second-order valence-electron chi connectivity index (χ2n) is 10.7. The van der Waals surface area contributed by atoms with Crippen molar-refractivity contribution in [3.8, 4) is 11.1 Å². The highest BCUT2D eigenvalue weighted by Crippen LogP contribution is 2.32. The van der Waals surface area contributed by atoms with Crippen molar-refractivity contribution in [1.82, 2.24) is 9.88 Å². The van der Waals surface area contributed by atoms with Gasteiger partial charge in [-0.2, -0.15) is 0 Å². The van der Waals surface area contributed by atoms with Gasteiger partial charge in [-0.3, -0.25) is 0 Å². The Labute approximate surface area is 207 Å². The zero-order valence-electron chi connectivity index (χ0n) is 20.4. The van der Waals surface area contributed by atoms with Crippen molar-refractivity contribution in [3.63, 3.8) is 0 Å². The van der Waals surface area contributed by atoms with Crippen LogP contribution in [-0.4, -0.2) is 23.2 Å². The fourth-order valence-corrected chi connectivity index (χ4v) is 6.17. The second-order valence-corrected chi connectivity index (χ2v) is 10.7. The van der Waals surface area contributed by atoms with Crippen molar-refractivity contribution in [2.24, 2.45) is 11.7 Å². The SMILES string of the molecule is C.Cc1ccccc1-c1ccc2c(c1)c(CCNC1CCC(N)CC1)cn2CC1CCCCC1. The molecule has 2 aliphatic rings. The highest BCUT2D eigenvalue weighted by Gasteiger charge is 2.19. The number of hydrogen-bond donors (Lipinski definition) is 2. The normalized spacial score (nSPS) is 21.5. The molecule has 0 amide bonds. The number of fused-ring (bicyclic) bond motifs is 1. The molecule has 184 valence electrons. The Bertz CT molecular complexity index is 1050. The van der Waals surface area contributed by atoms with Gasteiger partial charge in [-0.05, 0) is 98.7 Å². The summed E-state index contributed by atoms with van der Waals surface area (Å²) in [6, 6.07) is 17.0. The van der Waals surface area contributed by atoms with Crippen LogP contribution in [0.2, 0.25) is 0 Å². The van der Waals surface area contributed by atoms with E-state index in [0.29, 0.717) is 12.1 Å². The van der Waals surface area contributed by atoms with E-state index in [9.17, 15) is 0 Å². The lowest BCUT2D eigenvalue weighted by Crippen LogP contribution is -2.38. The van der Waals surface area contributed by atoms with E-state index < -0.39 is 0 Å². The standard InChI is InChI=1S/C30H41N3.CH4/c1-22-7-5-6-10-28(22)24-11-16-30-29(19-24)25(17-18-32-27-14-12-26(31)13-15-27)21-33(30)20-23-8-3-2-4-9-23;/h5-7,10-11,16,19,21,23,26-27,32H,2-4,8-9,12-15,17-18,20,31H2,1H3;1H4. The van der Waals surface area contributed by atoms with Gasteiger partial charge in [-0.1, -0.05) is 57.0 Å². The Morgan fingerprint density at radius 3 is 2.47 bits per heavy atom. The molecule has 3 N–H and O–H groups in total. The Hall–Kier alpha value is -2.10. The Balaban J connectivity index is 0.00000274. The molecule has 3 nitrogen and oxygen atoms in total. The van der Waals surface area contributed by atoms with Gasteiger partial charge in [0.25, 0.3) is 0 Å². The molecule has 0 unspecified atom stereocenters. The Morgan fingerprint density at radius 1 is 0.941 bits per heavy atom. The summed E-state index contributed by atoms with van der Waals surface area (Å²) in [5, 5.41) is 5.28. The van der Waals surface area contributed by atoms with Gasteiger partial charge in [0.05, 0.1) is 0 Å². The molecule has 0 aliphatic heterocycles. The number of hydrogen-bond acceptors (Lipinski definition) is 2. The molecule has 1 aromatic heterocycles. The lowest BCUT2D eigenvalue weighted by molar-refractivity contribution is 0.322. The van der Waals surface area contributed by atoms with E-state index in [4.69, 9.17) is 5.73 Å². The van der Waals surface area contributed by atoms with Crippen LogP contribution in [0.3, 0.4) is 0 Å². The third-order valence-electron chi connectivity index (χ3n) is 8.20. The minimum atomic E-state index is 0. The fourth-order valence-electron chi connectivity index (χ4n) is 6.17. The number of benzene rings is 2. The number of nitrogens with one attached hydrogen (secondary N) is 1. The zero-order valence-corrected chi connectivity index (χ0v) is 20.4. The molecule has 2 aromatic carbocycles. The molecule has 0 radical (unpaired) electrons. The van der Waals surface area contributed by atoms with Crippen LogP contribution in [0.4, 0.5) is 0 Å². The molecule has 34 heavy (non-hydrogen) atoms. The van der Waals surface area contributed by atoms with Crippen molar-refractivity contribution in [2.75, 3.05) is 6.54 Å². The summed E-state index contributed by atoms with van der Waals surface area (Å²) in [6.45, 7) is 4.44. The summed E-state index contributed by atoms with van der Waals surface area (Å²) in [4.78, 5) is 0. The van der Waals surface area contributed by atoms with Gasteiger partial charge < -0.3 is 15.6 Å². The first kappa shape index (κ1) is 25.0. The van der Waals surface area contributed by atoms with Crippen LogP contribution < -0.4 is 11.1 Å². The predicted molar refractivity (Wildman–Crippen MR) is 147 cm³/mol. The summed E-state index contributed by atoms with van der Waals surface area (Å²) in [5.74, 6) is 0.836. The molecule has 3 heteroatoms. The number of rotatable bonds is 7. The minimum absolute atomic E-state index is 0. The smallest absolute Gasteiger partial charge is 0.0483 e. The predicted octanol–water partition coefficient (Wildman–Crippen LogP) is 7.24. The number of aromatic nitrogens is 1. The largest absolute Gasteiger partial charge is 0.347 e. The molecule has 2 fully saturated rings. The van der Waals surface area contributed by atoms with Crippen LogP contribution in [0, 0.1) is 12.8 Å². The van der Waals surface area contributed by atoms with E-state index in [0.717, 1.165) is 31.7 Å². The summed E-state index contributed by atoms with van der Waals surface area (Å²) < 4.78 is 2.57. The first-order valence-electron chi connectivity index (χ1n) is 13.3. The fraction of sp³-hybridized carbons (Fsp3) is 0.548. The van der Waals surface area contributed by atoms with Gasteiger partial charge in [0.2, 0.25) is 0 Å². The topological polar surface area (TPSA) is 43.0 Å². The minimum Gasteiger partial charge on any atom is -0.347 e. The molecule has 0 bridgehead atoms. The average Bonchev–Trinajstić information content (AvgIpc) is 3.18. The molecule has 2 aliphatic carbocycles. The van der Waals surface area contributed by atoms with Crippen LogP contribution in [0.25, 0.3) is 22.0 Å². The highest BCUT2D eigenvalue weighted by molar-refractivity contribution is 5.89. The van der Waals surface area contributed by atoms with E-state index in [2.05, 4.69) is 65.5 Å². The van der Waals surface area contributed by atoms with Crippen molar-refractivity contribution in [2.45, 2.75) is 97.2 Å². The van der Waals surface area contributed by atoms with Gasteiger partial charge in [-0.15, -0.1) is 0 Å². The molecule has 0 atom stereocenters. The quantitative estimate of drug-likeness (QED) is 0.391. The third kappa shape index (κ3) is 5.75. The van der Waals surface area contributed by atoms with Crippen molar-refractivity contribution in [3.05, 3.63) is 59.8 Å². The molecule has 5 rings (SSSR count). The molecule has 0 saturated heterocycles. The molecule has 0 spiro atoms. The van der Waals surface area contributed by atoms with Crippen LogP contribution in [0.1, 0.15) is 76.3 Å². The van der Waals surface area contributed by atoms with Crippen molar-refractivity contribution < 1.29 is 0 Å². The lowest BCUT2D eigenvalue weighted by atomic mass is 9.89. The van der Waals surface area contributed by atoms with E-state index in [-0.39, 0.29) is 7.43 Å². The highest BCUT2D eigenvalue weighted by atomic mass is 15.0. The maximum atomic E-state index is 6.10. The third-order valence-corrected chi connectivity index (χ3v) is 8.20. The number of aryl methyl sites for hydroxylation is 1. The van der Waals surface area contributed by atoms with E-state index in [1.54, 1.807) is 0 Å². The second kappa shape index (κ2) is 11.6. The van der Waals surface area contributed by atoms with Gasteiger partial charge in [0.15, 0.2) is 0 Å². The van der Waals surface area contributed by atoms with Crippen LogP contribution in [0.5, 0.6) is 0 Å². The summed E-state index contributed by atoms with van der Waals surface area (Å²) >= 11 is 0. The van der Waals surface area contributed by atoms with Crippen molar-refractivity contribution in [1.29, 1.82) is 0 Å². The van der Waals surface area contributed by atoms with Gasteiger partial charge in [0, 0.05) is 35.7 Å². The van der Waals surface area contributed by atoms with Crippen LogP contribution in [-0.2, 0) is 13.0 Å². The maximum absolute atomic E-state index is 6.10. The van der Waals surface area contributed by atoms with Gasteiger partial charge >= 0.3 is 0 Å². The first-order chi connectivity index (χ1) is 16.2. The van der Waals surface area contributed by atoms with Crippen LogP contribution >= 0.6 is 0 Å². The summed E-state index contributed by atoms with van der Waals surface area (Å²) in [5.41, 5.74) is 13.0. The summed E-state index contributed by atoms with van der Waals surface area (Å²) in [7, 11) is 0. The number of nitrogens with zero attached hydrogens (tertiary/aromatic N) is 1. The van der Waals surface area contributed by atoms with E-state index in [1.807, 2.05) is 0 Å². The van der Waals surface area contributed by atoms with E-state index >= 15 is 0 Å². The summed E-state index contributed by atoms with van der Waals surface area (Å²) in [6.07, 6.45) is 15.4. The van der Waals surface area contributed by atoms with Crippen LogP contribution in [0.15, 0.2) is 48.7 Å².